The molecule has 2 aromatic rings. The number of carbonyl (C=O) groups is 3. The first kappa shape index (κ1) is 21.0. The first-order chi connectivity index (χ1) is 15.1. The van der Waals surface area contributed by atoms with Crippen molar-refractivity contribution in [1.29, 1.82) is 0 Å². The van der Waals surface area contributed by atoms with Gasteiger partial charge in [-0.3, -0.25) is 14.4 Å². The third-order valence-electron chi connectivity index (χ3n) is 6.02. The lowest BCUT2D eigenvalue weighted by Gasteiger charge is -2.32. The molecular formula is C23H27N5O3. The molecule has 8 heteroatoms. The molecule has 0 radical (unpaired) electrons. The molecule has 1 saturated heterocycles. The van der Waals surface area contributed by atoms with E-state index in [0.29, 0.717) is 31.5 Å². The molecule has 1 aromatic heterocycles. The Morgan fingerprint density at radius 3 is 2.29 bits per heavy atom. The second kappa shape index (κ2) is 9.68. The van der Waals surface area contributed by atoms with Crippen molar-refractivity contribution >= 4 is 23.5 Å². The minimum atomic E-state index is -0.359. The summed E-state index contributed by atoms with van der Waals surface area (Å²) in [5, 5.41) is 5.77. The van der Waals surface area contributed by atoms with Crippen molar-refractivity contribution in [2.75, 3.05) is 18.4 Å². The Morgan fingerprint density at radius 2 is 1.58 bits per heavy atom. The summed E-state index contributed by atoms with van der Waals surface area (Å²) in [6, 6.07) is 9.15. The lowest BCUT2D eigenvalue weighted by atomic mass is 10.0. The molecule has 0 unspecified atom stereocenters. The second-order valence-electron chi connectivity index (χ2n) is 8.13. The van der Waals surface area contributed by atoms with Gasteiger partial charge in [0.2, 0.25) is 5.91 Å². The number of anilines is 1. The van der Waals surface area contributed by atoms with Crippen molar-refractivity contribution in [3.8, 4) is 0 Å². The van der Waals surface area contributed by atoms with E-state index >= 15 is 0 Å². The highest BCUT2D eigenvalue weighted by molar-refractivity contribution is 6.01. The highest BCUT2D eigenvalue weighted by Gasteiger charge is 2.28. The topological polar surface area (TPSA) is 104 Å². The molecule has 2 fully saturated rings. The van der Waals surface area contributed by atoms with Gasteiger partial charge in [0, 0.05) is 43.0 Å². The molecule has 1 aromatic carbocycles. The van der Waals surface area contributed by atoms with Crippen LogP contribution in [0.5, 0.6) is 0 Å². The van der Waals surface area contributed by atoms with Crippen molar-refractivity contribution < 1.29 is 14.4 Å². The van der Waals surface area contributed by atoms with Gasteiger partial charge in [-0.25, -0.2) is 9.97 Å². The average molecular weight is 422 g/mol. The number of rotatable bonds is 5. The number of nitrogens with zero attached hydrogens (tertiary/aromatic N) is 3. The van der Waals surface area contributed by atoms with E-state index in [4.69, 9.17) is 0 Å². The molecule has 3 amide bonds. The summed E-state index contributed by atoms with van der Waals surface area (Å²) < 4.78 is 0. The first-order valence-electron chi connectivity index (χ1n) is 10.9. The van der Waals surface area contributed by atoms with Crippen LogP contribution in [0.4, 0.5) is 5.82 Å². The number of hydrogen-bond acceptors (Lipinski definition) is 5. The van der Waals surface area contributed by atoms with Gasteiger partial charge in [0.15, 0.2) is 11.5 Å². The predicted octanol–water partition coefficient (Wildman–Crippen LogP) is 2.64. The summed E-state index contributed by atoms with van der Waals surface area (Å²) in [4.78, 5) is 48.0. The fourth-order valence-electron chi connectivity index (χ4n) is 4.25. The van der Waals surface area contributed by atoms with Gasteiger partial charge in [-0.2, -0.15) is 0 Å². The molecule has 2 heterocycles. The van der Waals surface area contributed by atoms with Gasteiger partial charge in [0.1, 0.15) is 0 Å². The number of piperidine rings is 1. The zero-order chi connectivity index (χ0) is 21.6. The largest absolute Gasteiger partial charge is 0.348 e. The molecule has 2 aliphatic rings. The Hall–Kier alpha value is -3.29. The van der Waals surface area contributed by atoms with Crippen LogP contribution in [0.25, 0.3) is 0 Å². The van der Waals surface area contributed by atoms with Crippen LogP contribution in [0.15, 0.2) is 42.7 Å². The summed E-state index contributed by atoms with van der Waals surface area (Å²) in [7, 11) is 0. The van der Waals surface area contributed by atoms with Crippen molar-refractivity contribution in [2.45, 2.75) is 44.6 Å². The number of likely N-dealkylation sites (tertiary alicyclic amines) is 1. The zero-order valence-corrected chi connectivity index (χ0v) is 17.4. The first-order valence-corrected chi connectivity index (χ1v) is 10.9. The van der Waals surface area contributed by atoms with Crippen molar-refractivity contribution in [1.82, 2.24) is 20.2 Å². The van der Waals surface area contributed by atoms with Crippen molar-refractivity contribution in [2.24, 2.45) is 5.92 Å². The number of amides is 3. The number of benzene rings is 1. The quantitative estimate of drug-likeness (QED) is 0.772. The molecule has 1 saturated carbocycles. The van der Waals surface area contributed by atoms with E-state index in [2.05, 4.69) is 20.6 Å². The Morgan fingerprint density at radius 1 is 0.903 bits per heavy atom. The predicted molar refractivity (Wildman–Crippen MR) is 115 cm³/mol. The van der Waals surface area contributed by atoms with Gasteiger partial charge in [-0.15, -0.1) is 0 Å². The van der Waals surface area contributed by atoms with E-state index in [1.54, 1.807) is 0 Å². The fraction of sp³-hybridized carbons (Fsp3) is 0.435. The molecule has 0 atom stereocenters. The maximum absolute atomic E-state index is 12.8. The Bertz CT molecular complexity index is 935. The van der Waals surface area contributed by atoms with E-state index < -0.39 is 0 Å². The van der Waals surface area contributed by atoms with E-state index in [1.165, 1.54) is 12.4 Å². The van der Waals surface area contributed by atoms with Crippen LogP contribution >= 0.6 is 0 Å². The third kappa shape index (κ3) is 5.07. The van der Waals surface area contributed by atoms with Gasteiger partial charge in [0.25, 0.3) is 11.8 Å². The van der Waals surface area contributed by atoms with Crippen LogP contribution in [0.2, 0.25) is 0 Å². The van der Waals surface area contributed by atoms with Crippen molar-refractivity contribution in [3.63, 3.8) is 0 Å². The molecular weight excluding hydrogens is 394 g/mol. The summed E-state index contributed by atoms with van der Waals surface area (Å²) in [6.45, 7) is 1.15. The number of hydrogen-bond donors (Lipinski definition) is 2. The van der Waals surface area contributed by atoms with Crippen LogP contribution in [0, 0.1) is 5.92 Å². The molecule has 0 spiro atoms. The molecule has 2 N–H and O–H groups in total. The lowest BCUT2D eigenvalue weighted by Crippen LogP contribution is -2.46. The fourth-order valence-corrected chi connectivity index (χ4v) is 4.25. The number of carbonyl (C=O) groups excluding carboxylic acids is 3. The van der Waals surface area contributed by atoms with E-state index in [0.717, 1.165) is 25.7 Å². The van der Waals surface area contributed by atoms with Gasteiger partial charge in [0.05, 0.1) is 0 Å². The monoisotopic (exact) mass is 421 g/mol. The van der Waals surface area contributed by atoms with E-state index in [1.807, 2.05) is 35.2 Å². The SMILES string of the molecule is O=C(NC1CCN(C(=O)c2ccccc2)CC1)c1nccnc1NC(=O)C1CCCC1. The van der Waals surface area contributed by atoms with Crippen LogP contribution in [0.3, 0.4) is 0 Å². The lowest BCUT2D eigenvalue weighted by molar-refractivity contribution is -0.119. The maximum atomic E-state index is 12.8. The molecule has 0 bridgehead atoms. The van der Waals surface area contributed by atoms with Crippen LogP contribution in [0.1, 0.15) is 59.4 Å². The smallest absolute Gasteiger partial charge is 0.273 e. The molecule has 4 rings (SSSR count). The highest BCUT2D eigenvalue weighted by Crippen LogP contribution is 2.26. The van der Waals surface area contributed by atoms with Gasteiger partial charge in [-0.1, -0.05) is 31.0 Å². The second-order valence-corrected chi connectivity index (χ2v) is 8.13. The van der Waals surface area contributed by atoms with Gasteiger partial charge < -0.3 is 15.5 Å². The van der Waals surface area contributed by atoms with Gasteiger partial charge >= 0.3 is 0 Å². The maximum Gasteiger partial charge on any atom is 0.273 e. The van der Waals surface area contributed by atoms with Crippen LogP contribution in [-0.2, 0) is 4.79 Å². The molecule has 1 aliphatic carbocycles. The van der Waals surface area contributed by atoms with E-state index in [9.17, 15) is 14.4 Å². The van der Waals surface area contributed by atoms with Crippen LogP contribution in [-0.4, -0.2) is 51.7 Å². The van der Waals surface area contributed by atoms with Crippen LogP contribution < -0.4 is 10.6 Å². The Balaban J connectivity index is 1.33. The summed E-state index contributed by atoms with van der Waals surface area (Å²) in [5.41, 5.74) is 0.795. The Kier molecular flexibility index (Phi) is 6.54. The number of nitrogens with one attached hydrogen (secondary N) is 2. The summed E-state index contributed by atoms with van der Waals surface area (Å²) in [5.74, 6) is -0.267. The summed E-state index contributed by atoms with van der Waals surface area (Å²) >= 11 is 0. The average Bonchev–Trinajstić information content (AvgIpc) is 3.35. The minimum absolute atomic E-state index is 0.0104. The Labute approximate surface area is 181 Å². The molecule has 162 valence electrons. The van der Waals surface area contributed by atoms with Crippen molar-refractivity contribution in [3.05, 3.63) is 54.0 Å². The van der Waals surface area contributed by atoms with E-state index in [-0.39, 0.29) is 41.2 Å². The normalized spacial score (nSPS) is 17.4. The molecule has 8 nitrogen and oxygen atoms in total. The minimum Gasteiger partial charge on any atom is -0.348 e. The number of aromatic nitrogens is 2. The molecule has 1 aliphatic heterocycles. The molecule has 31 heavy (non-hydrogen) atoms. The van der Waals surface area contributed by atoms with Gasteiger partial charge in [-0.05, 0) is 37.8 Å². The highest BCUT2D eigenvalue weighted by atomic mass is 16.2. The standard InChI is InChI=1S/C23H27N5O3/c29-21(16-6-4-5-7-16)27-20-19(24-12-13-25-20)22(30)26-18-10-14-28(15-11-18)23(31)17-8-2-1-3-9-17/h1-3,8-9,12-13,16,18H,4-7,10-11,14-15H2,(H,26,30)(H,25,27,29). The summed E-state index contributed by atoms with van der Waals surface area (Å²) in [6.07, 6.45) is 8.08. The zero-order valence-electron chi connectivity index (χ0n) is 17.4. The third-order valence-corrected chi connectivity index (χ3v) is 6.02.